The highest BCUT2D eigenvalue weighted by atomic mass is 16.2. The predicted octanol–water partition coefficient (Wildman–Crippen LogP) is 2.74. The number of nitrogens with zero attached hydrogens (tertiary/aromatic N) is 1. The monoisotopic (exact) mass is 305 g/mol. The van der Waals surface area contributed by atoms with Crippen molar-refractivity contribution in [1.29, 1.82) is 0 Å². The van der Waals surface area contributed by atoms with Crippen molar-refractivity contribution in [2.45, 2.75) is 63.3 Å². The number of nitrogens with one attached hydrogen (secondary N) is 2. The highest BCUT2D eigenvalue weighted by molar-refractivity contribution is 5.74. The van der Waals surface area contributed by atoms with Gasteiger partial charge < -0.3 is 15.5 Å². The van der Waals surface area contributed by atoms with Crippen molar-refractivity contribution in [1.82, 2.24) is 15.5 Å². The molecule has 2 atom stereocenters. The highest BCUT2D eigenvalue weighted by Crippen LogP contribution is 2.43. The molecule has 4 aliphatic rings. The van der Waals surface area contributed by atoms with Gasteiger partial charge in [0.1, 0.15) is 0 Å². The minimum Gasteiger partial charge on any atom is -0.336 e. The quantitative estimate of drug-likeness (QED) is 0.792. The van der Waals surface area contributed by atoms with Crippen molar-refractivity contribution in [2.75, 3.05) is 26.2 Å². The Kier molecular flexibility index (Phi) is 4.05. The lowest BCUT2D eigenvalue weighted by Gasteiger charge is -2.53. The summed E-state index contributed by atoms with van der Waals surface area (Å²) >= 11 is 0. The van der Waals surface area contributed by atoms with E-state index in [2.05, 4.69) is 15.5 Å². The van der Waals surface area contributed by atoms with E-state index in [1.54, 1.807) is 0 Å². The summed E-state index contributed by atoms with van der Waals surface area (Å²) in [6.45, 7) is 3.95. The van der Waals surface area contributed by atoms with Crippen LogP contribution in [0, 0.1) is 17.8 Å². The number of carbonyl (C=O) groups is 1. The Morgan fingerprint density at radius 1 is 1.05 bits per heavy atom. The lowest BCUT2D eigenvalue weighted by molar-refractivity contribution is 0.0471. The number of piperidine rings is 1. The Morgan fingerprint density at radius 3 is 2.36 bits per heavy atom. The summed E-state index contributed by atoms with van der Waals surface area (Å²) in [6, 6.07) is 0.200. The number of amides is 2. The predicted molar refractivity (Wildman–Crippen MR) is 87.7 cm³/mol. The van der Waals surface area contributed by atoms with Crippen LogP contribution in [0.25, 0.3) is 0 Å². The van der Waals surface area contributed by atoms with Crippen LogP contribution >= 0.6 is 0 Å². The molecule has 0 aromatic rings. The third-order valence-electron chi connectivity index (χ3n) is 6.65. The van der Waals surface area contributed by atoms with Crippen LogP contribution in [-0.4, -0.2) is 42.6 Å². The van der Waals surface area contributed by atoms with E-state index in [-0.39, 0.29) is 11.6 Å². The molecule has 1 saturated heterocycles. The molecule has 0 unspecified atom stereocenters. The molecule has 0 aromatic carbocycles. The molecule has 0 spiro atoms. The zero-order valence-corrected chi connectivity index (χ0v) is 13.8. The van der Waals surface area contributed by atoms with E-state index in [0.29, 0.717) is 0 Å². The van der Waals surface area contributed by atoms with Gasteiger partial charge in [-0.2, -0.15) is 0 Å². The molecular weight excluding hydrogens is 274 g/mol. The maximum absolute atomic E-state index is 12.7. The summed E-state index contributed by atoms with van der Waals surface area (Å²) in [5.74, 6) is 2.35. The molecule has 0 aromatic heterocycles. The number of rotatable bonds is 6. The molecule has 4 fully saturated rings. The maximum Gasteiger partial charge on any atom is 0.317 e. The smallest absolute Gasteiger partial charge is 0.317 e. The van der Waals surface area contributed by atoms with E-state index in [4.69, 9.17) is 0 Å². The number of urea groups is 1. The third-order valence-corrected chi connectivity index (χ3v) is 6.65. The fraction of sp³-hybridized carbons (Fsp3) is 0.944. The van der Waals surface area contributed by atoms with Crippen molar-refractivity contribution >= 4 is 6.03 Å². The van der Waals surface area contributed by atoms with Crippen LogP contribution in [-0.2, 0) is 0 Å². The fourth-order valence-corrected chi connectivity index (χ4v) is 4.52. The number of hydrogen-bond acceptors (Lipinski definition) is 2. The molecule has 3 aliphatic carbocycles. The van der Waals surface area contributed by atoms with Gasteiger partial charge in [-0.1, -0.05) is 6.42 Å². The summed E-state index contributed by atoms with van der Waals surface area (Å²) in [7, 11) is 0. The Hall–Kier alpha value is -0.770. The maximum atomic E-state index is 12.7. The number of carbonyl (C=O) groups excluding carboxylic acids is 1. The van der Waals surface area contributed by atoms with Crippen LogP contribution in [0.5, 0.6) is 0 Å². The molecule has 4 heteroatoms. The van der Waals surface area contributed by atoms with Crippen LogP contribution in [0.1, 0.15) is 57.8 Å². The number of fused-ring (bicyclic) bond motifs is 1. The van der Waals surface area contributed by atoms with Gasteiger partial charge in [-0.05, 0) is 75.7 Å². The standard InChI is InChI=1S/C18H31N3O/c22-17(19-13-18-9-8-16(18)5-2-10-20-18)21(12-15-6-7-15)11-14-3-1-4-14/h14-16,20H,1-13H2,(H,19,22)/t16-,18-/m1/s1. The Labute approximate surface area is 134 Å². The largest absolute Gasteiger partial charge is 0.336 e. The van der Waals surface area contributed by atoms with Gasteiger partial charge in [0.05, 0.1) is 0 Å². The number of hydrogen-bond donors (Lipinski definition) is 2. The van der Waals surface area contributed by atoms with E-state index < -0.39 is 0 Å². The van der Waals surface area contributed by atoms with Gasteiger partial charge in [0.2, 0.25) is 0 Å². The van der Waals surface area contributed by atoms with Crippen molar-refractivity contribution in [3.8, 4) is 0 Å². The average molecular weight is 305 g/mol. The van der Waals surface area contributed by atoms with E-state index >= 15 is 0 Å². The normalized spacial score (nSPS) is 34.3. The second-order valence-electron chi connectivity index (χ2n) is 8.26. The topological polar surface area (TPSA) is 44.4 Å². The van der Waals surface area contributed by atoms with Crippen molar-refractivity contribution in [3.05, 3.63) is 0 Å². The first-order chi connectivity index (χ1) is 10.8. The molecule has 4 rings (SSSR count). The molecule has 2 amide bonds. The summed E-state index contributed by atoms with van der Waals surface area (Å²) in [5, 5.41) is 7.00. The van der Waals surface area contributed by atoms with Crippen molar-refractivity contribution in [2.24, 2.45) is 17.8 Å². The zero-order valence-electron chi connectivity index (χ0n) is 13.8. The Balaban J connectivity index is 1.30. The SMILES string of the molecule is O=C(NC[C@]12CC[C@H]1CCCN2)N(CC1CCC1)CC1CC1. The van der Waals surface area contributed by atoms with E-state index in [0.717, 1.165) is 43.9 Å². The minimum absolute atomic E-state index is 0.200. The van der Waals surface area contributed by atoms with Crippen LogP contribution in [0.2, 0.25) is 0 Å². The summed E-state index contributed by atoms with van der Waals surface area (Å²) in [6.07, 6.45) is 11.9. The third kappa shape index (κ3) is 2.99. The zero-order chi connectivity index (χ0) is 15.0. The molecule has 124 valence electrons. The first kappa shape index (κ1) is 14.8. The van der Waals surface area contributed by atoms with Crippen molar-refractivity contribution in [3.63, 3.8) is 0 Å². The van der Waals surface area contributed by atoms with E-state index in [1.807, 2.05) is 0 Å². The van der Waals surface area contributed by atoms with Crippen LogP contribution < -0.4 is 10.6 Å². The first-order valence-corrected chi connectivity index (χ1v) is 9.53. The summed E-state index contributed by atoms with van der Waals surface area (Å²) in [4.78, 5) is 14.8. The van der Waals surface area contributed by atoms with Crippen LogP contribution in [0.3, 0.4) is 0 Å². The molecule has 3 saturated carbocycles. The van der Waals surface area contributed by atoms with Gasteiger partial charge in [-0.25, -0.2) is 4.79 Å². The second kappa shape index (κ2) is 6.03. The van der Waals surface area contributed by atoms with Crippen LogP contribution in [0.15, 0.2) is 0 Å². The van der Waals surface area contributed by atoms with Crippen molar-refractivity contribution < 1.29 is 4.79 Å². The van der Waals surface area contributed by atoms with Gasteiger partial charge in [-0.15, -0.1) is 0 Å². The van der Waals surface area contributed by atoms with Gasteiger partial charge in [-0.3, -0.25) is 0 Å². The van der Waals surface area contributed by atoms with Gasteiger partial charge in [0, 0.05) is 25.2 Å². The Bertz CT molecular complexity index is 419. The average Bonchev–Trinajstić information content (AvgIpc) is 3.25. The molecule has 4 nitrogen and oxygen atoms in total. The molecule has 1 aliphatic heterocycles. The second-order valence-corrected chi connectivity index (χ2v) is 8.26. The minimum atomic E-state index is 0.200. The van der Waals surface area contributed by atoms with Crippen LogP contribution in [0.4, 0.5) is 4.79 Å². The molecule has 1 heterocycles. The summed E-state index contributed by atoms with van der Waals surface area (Å²) in [5.41, 5.74) is 0.232. The van der Waals surface area contributed by atoms with Gasteiger partial charge in [0.15, 0.2) is 0 Å². The van der Waals surface area contributed by atoms with E-state index in [1.165, 1.54) is 57.8 Å². The fourth-order valence-electron chi connectivity index (χ4n) is 4.52. The van der Waals surface area contributed by atoms with E-state index in [9.17, 15) is 4.79 Å². The molecule has 2 N–H and O–H groups in total. The molecule has 22 heavy (non-hydrogen) atoms. The lowest BCUT2D eigenvalue weighted by Crippen LogP contribution is -2.66. The summed E-state index contributed by atoms with van der Waals surface area (Å²) < 4.78 is 0. The molecule has 0 radical (unpaired) electrons. The molecular formula is C18H31N3O. The van der Waals surface area contributed by atoms with Gasteiger partial charge in [0.25, 0.3) is 0 Å². The lowest BCUT2D eigenvalue weighted by atomic mass is 9.63. The molecule has 0 bridgehead atoms. The first-order valence-electron chi connectivity index (χ1n) is 9.53. The van der Waals surface area contributed by atoms with Gasteiger partial charge >= 0.3 is 6.03 Å². The Morgan fingerprint density at radius 2 is 1.82 bits per heavy atom. The highest BCUT2D eigenvalue weighted by Gasteiger charge is 2.47.